The van der Waals surface area contributed by atoms with E-state index in [0.717, 1.165) is 11.3 Å². The number of aromatic nitrogens is 1. The number of thiophene rings is 1. The molecule has 0 saturated heterocycles. The van der Waals surface area contributed by atoms with Gasteiger partial charge < -0.3 is 10.3 Å². The van der Waals surface area contributed by atoms with E-state index in [2.05, 4.69) is 168 Å². The number of nitrogens with two attached hydrogens (primary N) is 1. The minimum Gasteiger partial charge on any atom is -0.333 e. The van der Waals surface area contributed by atoms with Crippen molar-refractivity contribution in [2.24, 2.45) is 10.7 Å². The Bertz CT molecular complexity index is 2610. The molecule has 0 fully saturated rings. The maximum absolute atomic E-state index is 4.60. The van der Waals surface area contributed by atoms with Crippen molar-refractivity contribution in [3.63, 3.8) is 0 Å². The Morgan fingerprint density at radius 2 is 1.18 bits per heavy atom. The smallest absolute Gasteiger partial charge is 0.0800 e. The van der Waals surface area contributed by atoms with Crippen molar-refractivity contribution in [2.45, 2.75) is 19.9 Å². The van der Waals surface area contributed by atoms with Crippen LogP contribution in [-0.2, 0) is 0 Å². The van der Waals surface area contributed by atoms with Crippen LogP contribution in [-0.4, -0.2) is 18.3 Å². The lowest BCUT2D eigenvalue weighted by atomic mass is 9.98. The number of hydrogen-bond acceptors (Lipinski definition) is 3. The molecule has 0 aliphatic carbocycles. The molecule has 4 heteroatoms. The van der Waals surface area contributed by atoms with Crippen LogP contribution in [0.15, 0.2) is 157 Å². The highest BCUT2D eigenvalue weighted by molar-refractivity contribution is 7.27. The normalized spacial score (nSPS) is 12.2. The number of aliphatic imine (C=N–C) groups is 1. The van der Waals surface area contributed by atoms with E-state index in [0.29, 0.717) is 0 Å². The van der Waals surface area contributed by atoms with E-state index in [-0.39, 0.29) is 6.04 Å². The summed E-state index contributed by atoms with van der Waals surface area (Å²) in [7, 11) is 1.50. The molecular formula is C45H39N3S. The molecule has 3 nitrogen and oxygen atoms in total. The van der Waals surface area contributed by atoms with Crippen molar-refractivity contribution in [2.75, 3.05) is 7.05 Å². The zero-order valence-corrected chi connectivity index (χ0v) is 28.9. The number of nitrogens with zero attached hydrogens (tertiary/aromatic N) is 2. The zero-order chi connectivity index (χ0) is 33.9. The monoisotopic (exact) mass is 653 g/mol. The maximum atomic E-state index is 4.60. The van der Waals surface area contributed by atoms with Gasteiger partial charge in [0.05, 0.1) is 27.5 Å². The lowest BCUT2D eigenvalue weighted by molar-refractivity contribution is 0.758. The highest BCUT2D eigenvalue weighted by Crippen LogP contribution is 2.49. The van der Waals surface area contributed by atoms with Crippen molar-refractivity contribution in [1.29, 1.82) is 0 Å². The molecule has 0 radical (unpaired) electrons. The predicted octanol–water partition coefficient (Wildman–Crippen LogP) is 12.4. The molecule has 1 atom stereocenters. The number of benzene rings is 7. The molecule has 0 aliphatic heterocycles. The molecule has 0 aliphatic rings. The minimum absolute atomic E-state index is 0.146. The molecule has 240 valence electrons. The van der Waals surface area contributed by atoms with Crippen molar-refractivity contribution < 1.29 is 0 Å². The summed E-state index contributed by atoms with van der Waals surface area (Å²) in [4.78, 5) is 4.60. The van der Waals surface area contributed by atoms with Crippen LogP contribution >= 0.6 is 11.3 Å². The van der Waals surface area contributed by atoms with Crippen LogP contribution in [0.25, 0.3) is 69.2 Å². The largest absolute Gasteiger partial charge is 0.333 e. The Hall–Kier alpha value is -5.55. The topological polar surface area (TPSA) is 43.3 Å². The summed E-state index contributed by atoms with van der Waals surface area (Å²) < 4.78 is 5.21. The van der Waals surface area contributed by atoms with Gasteiger partial charge in [0.1, 0.15) is 0 Å². The lowest BCUT2D eigenvalue weighted by Gasteiger charge is -2.21. The molecule has 9 aromatic rings. The number of rotatable bonds is 5. The van der Waals surface area contributed by atoms with Crippen LogP contribution in [0.2, 0.25) is 0 Å². The average molecular weight is 654 g/mol. The molecule has 2 heterocycles. The van der Waals surface area contributed by atoms with Gasteiger partial charge in [0.2, 0.25) is 0 Å². The SMILES string of the molecule is C=N/C(=C\C(c1ccccc1)n1c2c3ccccc3ccc2c2c3ccccc3c3c4ccccc4sc3c21)c1ccccc1.CC.CN. The first kappa shape index (κ1) is 32.0. The van der Waals surface area contributed by atoms with E-state index in [1.165, 1.54) is 76.1 Å². The van der Waals surface area contributed by atoms with Crippen LogP contribution in [0.4, 0.5) is 0 Å². The molecule has 2 aromatic heterocycles. The molecule has 2 N–H and O–H groups in total. The summed E-state index contributed by atoms with van der Waals surface area (Å²) in [6, 6.07) is 52.3. The predicted molar refractivity (Wildman–Crippen MR) is 217 cm³/mol. The summed E-state index contributed by atoms with van der Waals surface area (Å²) in [5, 5.41) is 10.3. The molecular weight excluding hydrogens is 615 g/mol. The van der Waals surface area contributed by atoms with Gasteiger partial charge in [0, 0.05) is 31.6 Å². The fourth-order valence-corrected chi connectivity index (χ4v) is 8.48. The summed E-state index contributed by atoms with van der Waals surface area (Å²) in [6.07, 6.45) is 2.30. The third-order valence-corrected chi connectivity index (χ3v) is 10.3. The quantitative estimate of drug-likeness (QED) is 0.185. The number of hydrogen-bond donors (Lipinski definition) is 1. The first-order valence-corrected chi connectivity index (χ1v) is 17.7. The van der Waals surface area contributed by atoms with Gasteiger partial charge in [-0.25, -0.2) is 0 Å². The molecule has 1 unspecified atom stereocenters. The third-order valence-electron chi connectivity index (χ3n) is 9.14. The summed E-state index contributed by atoms with van der Waals surface area (Å²) in [6.45, 7) is 8.03. The molecule has 0 spiro atoms. The molecule has 49 heavy (non-hydrogen) atoms. The van der Waals surface area contributed by atoms with Gasteiger partial charge in [-0.05, 0) is 53.2 Å². The molecule has 0 amide bonds. The van der Waals surface area contributed by atoms with Gasteiger partial charge in [0.15, 0.2) is 0 Å². The summed E-state index contributed by atoms with van der Waals surface area (Å²) in [5.41, 5.74) is 10.1. The van der Waals surface area contributed by atoms with Crippen LogP contribution in [0, 0.1) is 0 Å². The fourth-order valence-electron chi connectivity index (χ4n) is 7.22. The number of fused-ring (bicyclic) bond motifs is 12. The van der Waals surface area contributed by atoms with Crippen molar-refractivity contribution in [3.05, 3.63) is 163 Å². The number of allylic oxidation sites excluding steroid dienone is 1. The van der Waals surface area contributed by atoms with Gasteiger partial charge in [-0.2, -0.15) is 0 Å². The Labute approximate surface area is 291 Å². The highest BCUT2D eigenvalue weighted by atomic mass is 32.1. The van der Waals surface area contributed by atoms with E-state index < -0.39 is 0 Å². The Balaban J connectivity index is 0.000000914. The molecule has 9 rings (SSSR count). The first-order chi connectivity index (χ1) is 24.3. The second-order valence-corrected chi connectivity index (χ2v) is 12.6. The third kappa shape index (κ3) is 5.30. The second kappa shape index (κ2) is 13.9. The summed E-state index contributed by atoms with van der Waals surface area (Å²) >= 11 is 1.90. The average Bonchev–Trinajstić information content (AvgIpc) is 3.75. The molecule has 0 saturated carbocycles. The maximum Gasteiger partial charge on any atom is 0.0800 e. The van der Waals surface area contributed by atoms with Crippen molar-refractivity contribution in [1.82, 2.24) is 4.57 Å². The fraction of sp³-hybridized carbons (Fsp3) is 0.0889. The van der Waals surface area contributed by atoms with E-state index in [4.69, 9.17) is 0 Å². The zero-order valence-electron chi connectivity index (χ0n) is 28.1. The van der Waals surface area contributed by atoms with Gasteiger partial charge >= 0.3 is 0 Å². The summed E-state index contributed by atoms with van der Waals surface area (Å²) in [5.74, 6) is 0. The van der Waals surface area contributed by atoms with E-state index in [9.17, 15) is 0 Å². The first-order valence-electron chi connectivity index (χ1n) is 16.9. The van der Waals surface area contributed by atoms with Crippen LogP contribution < -0.4 is 5.73 Å². The Kier molecular flexibility index (Phi) is 9.08. The lowest BCUT2D eigenvalue weighted by Crippen LogP contribution is -2.09. The van der Waals surface area contributed by atoms with E-state index >= 15 is 0 Å². The van der Waals surface area contributed by atoms with Gasteiger partial charge in [-0.3, -0.25) is 4.99 Å². The second-order valence-electron chi connectivity index (χ2n) is 11.6. The molecule has 7 aromatic carbocycles. The minimum atomic E-state index is -0.146. The highest BCUT2D eigenvalue weighted by Gasteiger charge is 2.26. The van der Waals surface area contributed by atoms with Crippen molar-refractivity contribution >= 4 is 87.3 Å². The standard InChI is InChI=1S/C42H28N2S.C2H6.CH5N/c1-43-35(28-15-4-2-5-16-28)26-36(29-17-6-3-7-18-29)44-40-30-19-9-8-14-27(30)24-25-34(40)38-31-20-10-11-21-32(31)39-33-22-12-13-23-37(33)45-42(39)41(38)44;2*1-2/h2-26,36H,1H2;1-2H3;2H2,1H3/b35-26-;;. The van der Waals surface area contributed by atoms with E-state index in [1.807, 2.05) is 31.3 Å². The van der Waals surface area contributed by atoms with Gasteiger partial charge in [-0.15, -0.1) is 11.3 Å². The molecule has 0 bridgehead atoms. The van der Waals surface area contributed by atoms with Crippen LogP contribution in [0.5, 0.6) is 0 Å². The Morgan fingerprint density at radius 1 is 0.612 bits per heavy atom. The van der Waals surface area contributed by atoms with Crippen LogP contribution in [0.1, 0.15) is 31.0 Å². The van der Waals surface area contributed by atoms with Gasteiger partial charge in [0.25, 0.3) is 0 Å². The van der Waals surface area contributed by atoms with Crippen LogP contribution in [0.3, 0.4) is 0 Å². The van der Waals surface area contributed by atoms with Gasteiger partial charge in [-0.1, -0.05) is 153 Å². The Morgan fingerprint density at radius 3 is 1.88 bits per heavy atom. The van der Waals surface area contributed by atoms with Crippen molar-refractivity contribution in [3.8, 4) is 0 Å². The van der Waals surface area contributed by atoms with E-state index in [1.54, 1.807) is 0 Å².